The lowest BCUT2D eigenvalue weighted by Gasteiger charge is -2.26. The highest BCUT2D eigenvalue weighted by Crippen LogP contribution is 2.29. The van der Waals surface area contributed by atoms with Gasteiger partial charge in [-0.2, -0.15) is 0 Å². The number of imidazole rings is 1. The van der Waals surface area contributed by atoms with Gasteiger partial charge in [0.25, 0.3) is 0 Å². The summed E-state index contributed by atoms with van der Waals surface area (Å²) in [6, 6.07) is 9.41. The number of hydrogen-bond acceptors (Lipinski definition) is 2. The SMILES string of the molecule is c1ccc2c(c1)CCCC2NCCCn1ccnc1. The summed E-state index contributed by atoms with van der Waals surface area (Å²) in [5.41, 5.74) is 3.04. The smallest absolute Gasteiger partial charge is 0.0945 e. The summed E-state index contributed by atoms with van der Waals surface area (Å²) in [5, 5.41) is 3.71. The van der Waals surface area contributed by atoms with Crippen LogP contribution in [0.5, 0.6) is 0 Å². The van der Waals surface area contributed by atoms with Crippen LogP contribution in [0.1, 0.15) is 36.4 Å². The molecular weight excluding hydrogens is 234 g/mol. The van der Waals surface area contributed by atoms with Crippen molar-refractivity contribution < 1.29 is 0 Å². The van der Waals surface area contributed by atoms with Crippen molar-refractivity contribution in [2.45, 2.75) is 38.3 Å². The fraction of sp³-hybridized carbons (Fsp3) is 0.438. The summed E-state index contributed by atoms with van der Waals surface area (Å²) in [4.78, 5) is 4.06. The molecule has 0 spiro atoms. The van der Waals surface area contributed by atoms with Crippen LogP contribution in [-0.4, -0.2) is 16.1 Å². The number of hydrogen-bond donors (Lipinski definition) is 1. The predicted octanol–water partition coefficient (Wildman–Crippen LogP) is 2.94. The molecule has 2 aromatic rings. The molecule has 0 amide bonds. The van der Waals surface area contributed by atoms with Gasteiger partial charge < -0.3 is 9.88 Å². The van der Waals surface area contributed by atoms with E-state index in [1.807, 2.05) is 18.7 Å². The largest absolute Gasteiger partial charge is 0.337 e. The second kappa shape index (κ2) is 6.02. The summed E-state index contributed by atoms with van der Waals surface area (Å²) in [5.74, 6) is 0. The Kier molecular flexibility index (Phi) is 3.94. The van der Waals surface area contributed by atoms with Gasteiger partial charge in [0.1, 0.15) is 0 Å². The average molecular weight is 255 g/mol. The van der Waals surface area contributed by atoms with Gasteiger partial charge in [0.2, 0.25) is 0 Å². The molecule has 100 valence electrons. The Balaban J connectivity index is 1.51. The number of nitrogens with zero attached hydrogens (tertiary/aromatic N) is 2. The van der Waals surface area contributed by atoms with Gasteiger partial charge in [0, 0.05) is 25.0 Å². The molecule has 1 unspecified atom stereocenters. The number of benzene rings is 1. The molecular formula is C16H21N3. The maximum Gasteiger partial charge on any atom is 0.0945 e. The third-order valence-corrected chi connectivity index (χ3v) is 3.91. The van der Waals surface area contributed by atoms with E-state index in [0.29, 0.717) is 6.04 Å². The molecule has 1 aromatic heterocycles. The highest BCUT2D eigenvalue weighted by molar-refractivity contribution is 5.32. The van der Waals surface area contributed by atoms with E-state index in [2.05, 4.69) is 39.1 Å². The maximum absolute atomic E-state index is 4.06. The van der Waals surface area contributed by atoms with Gasteiger partial charge in [-0.05, 0) is 43.4 Å². The van der Waals surface area contributed by atoms with Crippen molar-refractivity contribution in [3.63, 3.8) is 0 Å². The van der Waals surface area contributed by atoms with E-state index in [-0.39, 0.29) is 0 Å². The van der Waals surface area contributed by atoms with Crippen molar-refractivity contribution in [3.8, 4) is 0 Å². The van der Waals surface area contributed by atoms with Gasteiger partial charge in [-0.1, -0.05) is 24.3 Å². The second-order valence-corrected chi connectivity index (χ2v) is 5.25. The standard InChI is InChI=1S/C16H21N3/c1-2-7-15-14(5-1)6-3-8-16(15)18-9-4-11-19-12-10-17-13-19/h1-2,5,7,10,12-13,16,18H,3-4,6,8-9,11H2. The number of aryl methyl sites for hydroxylation is 2. The summed E-state index contributed by atoms with van der Waals surface area (Å²) in [6.45, 7) is 2.11. The molecule has 0 aliphatic heterocycles. The van der Waals surface area contributed by atoms with E-state index in [0.717, 1.165) is 19.5 Å². The Morgan fingerprint density at radius 3 is 3.16 bits per heavy atom. The van der Waals surface area contributed by atoms with Crippen molar-refractivity contribution in [3.05, 3.63) is 54.1 Å². The minimum absolute atomic E-state index is 0.549. The van der Waals surface area contributed by atoms with E-state index >= 15 is 0 Å². The van der Waals surface area contributed by atoms with E-state index in [1.54, 1.807) is 0 Å². The predicted molar refractivity (Wildman–Crippen MR) is 77.0 cm³/mol. The van der Waals surface area contributed by atoms with Crippen LogP contribution < -0.4 is 5.32 Å². The lowest BCUT2D eigenvalue weighted by molar-refractivity contribution is 0.446. The molecule has 1 heterocycles. The minimum Gasteiger partial charge on any atom is -0.337 e. The van der Waals surface area contributed by atoms with Gasteiger partial charge in [-0.15, -0.1) is 0 Å². The number of nitrogens with one attached hydrogen (secondary N) is 1. The molecule has 1 aliphatic carbocycles. The fourth-order valence-corrected chi connectivity index (χ4v) is 2.92. The Hall–Kier alpha value is -1.61. The van der Waals surface area contributed by atoms with Crippen LogP contribution in [0.4, 0.5) is 0 Å². The van der Waals surface area contributed by atoms with Gasteiger partial charge in [0.15, 0.2) is 0 Å². The third-order valence-electron chi connectivity index (χ3n) is 3.91. The van der Waals surface area contributed by atoms with Crippen LogP contribution in [0.2, 0.25) is 0 Å². The van der Waals surface area contributed by atoms with Gasteiger partial charge in [0.05, 0.1) is 6.33 Å². The lowest BCUT2D eigenvalue weighted by Crippen LogP contribution is -2.26. The Bertz CT molecular complexity index is 504. The van der Waals surface area contributed by atoms with E-state index in [9.17, 15) is 0 Å². The number of aromatic nitrogens is 2. The molecule has 0 bridgehead atoms. The first kappa shape index (κ1) is 12.4. The Morgan fingerprint density at radius 1 is 1.32 bits per heavy atom. The summed E-state index contributed by atoms with van der Waals surface area (Å²) in [7, 11) is 0. The molecule has 19 heavy (non-hydrogen) atoms. The van der Waals surface area contributed by atoms with Gasteiger partial charge >= 0.3 is 0 Å². The first-order valence-electron chi connectivity index (χ1n) is 7.20. The molecule has 3 nitrogen and oxygen atoms in total. The molecule has 1 aliphatic rings. The van der Waals surface area contributed by atoms with E-state index in [1.165, 1.54) is 30.4 Å². The minimum atomic E-state index is 0.549. The first-order valence-corrected chi connectivity index (χ1v) is 7.20. The number of rotatable bonds is 5. The van der Waals surface area contributed by atoms with Gasteiger partial charge in [-0.3, -0.25) is 0 Å². The van der Waals surface area contributed by atoms with E-state index in [4.69, 9.17) is 0 Å². The number of fused-ring (bicyclic) bond motifs is 1. The Labute approximate surface area is 114 Å². The molecule has 1 atom stereocenters. The molecule has 1 aromatic carbocycles. The first-order chi connectivity index (χ1) is 9.43. The molecule has 1 N–H and O–H groups in total. The van der Waals surface area contributed by atoms with Crippen LogP contribution >= 0.6 is 0 Å². The molecule has 0 saturated carbocycles. The quantitative estimate of drug-likeness (QED) is 0.832. The maximum atomic E-state index is 4.06. The summed E-state index contributed by atoms with van der Waals surface area (Å²) >= 11 is 0. The van der Waals surface area contributed by atoms with Crippen molar-refractivity contribution in [1.29, 1.82) is 0 Å². The van der Waals surface area contributed by atoms with Crippen molar-refractivity contribution in [1.82, 2.24) is 14.9 Å². The summed E-state index contributed by atoms with van der Waals surface area (Å²) < 4.78 is 2.14. The monoisotopic (exact) mass is 255 g/mol. The van der Waals surface area contributed by atoms with Gasteiger partial charge in [-0.25, -0.2) is 4.98 Å². The summed E-state index contributed by atoms with van der Waals surface area (Å²) in [6.07, 6.45) is 10.7. The lowest BCUT2D eigenvalue weighted by atomic mass is 9.88. The zero-order chi connectivity index (χ0) is 12.9. The van der Waals surface area contributed by atoms with E-state index < -0.39 is 0 Å². The van der Waals surface area contributed by atoms with Crippen LogP contribution in [0, 0.1) is 0 Å². The molecule has 0 radical (unpaired) electrons. The average Bonchev–Trinajstić information content (AvgIpc) is 2.97. The second-order valence-electron chi connectivity index (χ2n) is 5.25. The van der Waals surface area contributed by atoms with Crippen LogP contribution in [0.25, 0.3) is 0 Å². The highest BCUT2D eigenvalue weighted by Gasteiger charge is 2.18. The zero-order valence-electron chi connectivity index (χ0n) is 11.3. The molecule has 3 rings (SSSR count). The van der Waals surface area contributed by atoms with Crippen LogP contribution in [-0.2, 0) is 13.0 Å². The Morgan fingerprint density at radius 2 is 2.26 bits per heavy atom. The van der Waals surface area contributed by atoms with Crippen LogP contribution in [0.3, 0.4) is 0 Å². The van der Waals surface area contributed by atoms with Crippen molar-refractivity contribution in [2.75, 3.05) is 6.54 Å². The molecule has 3 heteroatoms. The fourth-order valence-electron chi connectivity index (χ4n) is 2.92. The zero-order valence-corrected chi connectivity index (χ0v) is 11.3. The topological polar surface area (TPSA) is 29.9 Å². The van der Waals surface area contributed by atoms with Crippen molar-refractivity contribution >= 4 is 0 Å². The molecule has 0 saturated heterocycles. The highest BCUT2D eigenvalue weighted by atomic mass is 15.0. The third kappa shape index (κ3) is 3.04. The molecule has 0 fully saturated rings. The normalized spacial score (nSPS) is 18.2. The van der Waals surface area contributed by atoms with Crippen molar-refractivity contribution in [2.24, 2.45) is 0 Å². The van der Waals surface area contributed by atoms with Crippen LogP contribution in [0.15, 0.2) is 43.0 Å².